The maximum absolute atomic E-state index is 12.9. The van der Waals surface area contributed by atoms with Crippen molar-refractivity contribution >= 4 is 0 Å². The van der Waals surface area contributed by atoms with E-state index in [9.17, 15) is 13.2 Å². The molecule has 4 heteroatoms. The lowest BCUT2D eigenvalue weighted by Crippen LogP contribution is -2.20. The summed E-state index contributed by atoms with van der Waals surface area (Å²) in [6.45, 7) is 4.63. The van der Waals surface area contributed by atoms with Crippen LogP contribution in [0, 0.1) is 17.5 Å². The van der Waals surface area contributed by atoms with E-state index in [0.29, 0.717) is 5.56 Å². The maximum Gasteiger partial charge on any atom is 0.194 e. The first kappa shape index (κ1) is 13.0. The van der Waals surface area contributed by atoms with Crippen molar-refractivity contribution < 1.29 is 13.2 Å². The summed E-state index contributed by atoms with van der Waals surface area (Å²) < 4.78 is 38.6. The van der Waals surface area contributed by atoms with Crippen molar-refractivity contribution in [1.29, 1.82) is 0 Å². The van der Waals surface area contributed by atoms with Gasteiger partial charge in [-0.15, -0.1) is 0 Å². The summed E-state index contributed by atoms with van der Waals surface area (Å²) in [5.41, 5.74) is 0.424. The Morgan fingerprint density at radius 2 is 1.75 bits per heavy atom. The Morgan fingerprint density at radius 3 is 2.25 bits per heavy atom. The number of rotatable bonds is 5. The minimum atomic E-state index is -1.41. The highest BCUT2D eigenvalue weighted by Gasteiger charge is 2.13. The second-order valence-corrected chi connectivity index (χ2v) is 3.83. The fourth-order valence-corrected chi connectivity index (χ4v) is 1.44. The number of hydrogen-bond acceptors (Lipinski definition) is 1. The quantitative estimate of drug-likeness (QED) is 0.603. The van der Waals surface area contributed by atoms with Crippen molar-refractivity contribution in [3.05, 3.63) is 35.1 Å². The first-order valence-electron chi connectivity index (χ1n) is 5.44. The molecule has 0 saturated carbocycles. The van der Waals surface area contributed by atoms with Gasteiger partial charge in [0.05, 0.1) is 0 Å². The molecule has 0 bridgehead atoms. The van der Waals surface area contributed by atoms with Crippen LogP contribution in [-0.2, 0) is 0 Å². The normalized spacial score (nSPS) is 12.8. The lowest BCUT2D eigenvalue weighted by atomic mass is 10.1. The molecule has 0 aromatic heterocycles. The number of hydrogen-bond donors (Lipinski definition) is 1. The van der Waals surface area contributed by atoms with Gasteiger partial charge in [0.15, 0.2) is 17.5 Å². The van der Waals surface area contributed by atoms with Gasteiger partial charge in [-0.05, 0) is 37.6 Å². The molecule has 1 nitrogen and oxygen atoms in total. The molecule has 1 atom stereocenters. The van der Waals surface area contributed by atoms with Crippen LogP contribution in [0.2, 0.25) is 0 Å². The number of nitrogens with one attached hydrogen (secondary N) is 1. The third-order valence-corrected chi connectivity index (χ3v) is 2.49. The smallest absolute Gasteiger partial charge is 0.194 e. The van der Waals surface area contributed by atoms with Crippen molar-refractivity contribution in [1.82, 2.24) is 5.32 Å². The van der Waals surface area contributed by atoms with E-state index >= 15 is 0 Å². The van der Waals surface area contributed by atoms with E-state index in [4.69, 9.17) is 0 Å². The van der Waals surface area contributed by atoms with Crippen LogP contribution in [0.5, 0.6) is 0 Å². The minimum absolute atomic E-state index is 0.184. The molecule has 1 unspecified atom stereocenters. The van der Waals surface area contributed by atoms with Gasteiger partial charge in [-0.2, -0.15) is 0 Å². The van der Waals surface area contributed by atoms with E-state index in [0.717, 1.165) is 31.5 Å². The third-order valence-electron chi connectivity index (χ3n) is 2.49. The van der Waals surface area contributed by atoms with Gasteiger partial charge in [0.25, 0.3) is 0 Å². The molecule has 0 aliphatic rings. The molecule has 0 aliphatic carbocycles. The molecular weight excluding hydrogens is 215 g/mol. The molecule has 1 aromatic carbocycles. The fourth-order valence-electron chi connectivity index (χ4n) is 1.44. The van der Waals surface area contributed by atoms with Crippen LogP contribution in [0.4, 0.5) is 13.2 Å². The van der Waals surface area contributed by atoms with Gasteiger partial charge < -0.3 is 5.32 Å². The highest BCUT2D eigenvalue weighted by atomic mass is 19.2. The zero-order chi connectivity index (χ0) is 12.1. The van der Waals surface area contributed by atoms with Crippen LogP contribution >= 0.6 is 0 Å². The van der Waals surface area contributed by atoms with E-state index in [1.807, 2.05) is 0 Å². The average molecular weight is 231 g/mol. The molecular formula is C12H16F3N. The van der Waals surface area contributed by atoms with Crippen LogP contribution in [-0.4, -0.2) is 6.54 Å². The van der Waals surface area contributed by atoms with Gasteiger partial charge in [0, 0.05) is 6.04 Å². The molecule has 1 N–H and O–H groups in total. The van der Waals surface area contributed by atoms with Crippen LogP contribution in [0.3, 0.4) is 0 Å². The third kappa shape index (κ3) is 3.23. The van der Waals surface area contributed by atoms with E-state index in [2.05, 4.69) is 12.2 Å². The Bertz CT molecular complexity index is 329. The molecule has 0 heterocycles. The predicted molar refractivity (Wildman–Crippen MR) is 57.6 cm³/mol. The molecule has 1 aromatic rings. The second kappa shape index (κ2) is 5.89. The van der Waals surface area contributed by atoms with Gasteiger partial charge in [-0.3, -0.25) is 0 Å². The van der Waals surface area contributed by atoms with E-state index in [1.54, 1.807) is 6.92 Å². The summed E-state index contributed by atoms with van der Waals surface area (Å²) in [6.07, 6.45) is 2.04. The molecule has 0 radical (unpaired) electrons. The summed E-state index contributed by atoms with van der Waals surface area (Å²) in [5, 5.41) is 3.12. The predicted octanol–water partition coefficient (Wildman–Crippen LogP) is 3.55. The first-order valence-corrected chi connectivity index (χ1v) is 5.44. The summed E-state index contributed by atoms with van der Waals surface area (Å²) in [6, 6.07) is 1.88. The van der Waals surface area contributed by atoms with E-state index in [-0.39, 0.29) is 6.04 Å². The highest BCUT2D eigenvalue weighted by Crippen LogP contribution is 2.18. The standard InChI is InChI=1S/C12H16F3N/c1-3-4-5-16-8(2)9-6-10(13)12(15)11(14)7-9/h6-8,16H,3-5H2,1-2H3. The fraction of sp³-hybridized carbons (Fsp3) is 0.500. The van der Waals surface area contributed by atoms with Crippen molar-refractivity contribution in [3.8, 4) is 0 Å². The van der Waals surface area contributed by atoms with Crippen LogP contribution < -0.4 is 5.32 Å². The zero-order valence-corrected chi connectivity index (χ0v) is 9.49. The minimum Gasteiger partial charge on any atom is -0.310 e. The van der Waals surface area contributed by atoms with Crippen LogP contribution in [0.15, 0.2) is 12.1 Å². The van der Waals surface area contributed by atoms with Gasteiger partial charge in [-0.25, -0.2) is 13.2 Å². The molecule has 0 aliphatic heterocycles. The Kier molecular flexibility index (Phi) is 4.80. The van der Waals surface area contributed by atoms with Gasteiger partial charge in [0.1, 0.15) is 0 Å². The highest BCUT2D eigenvalue weighted by molar-refractivity contribution is 5.22. The second-order valence-electron chi connectivity index (χ2n) is 3.83. The SMILES string of the molecule is CCCCNC(C)c1cc(F)c(F)c(F)c1. The monoisotopic (exact) mass is 231 g/mol. The van der Waals surface area contributed by atoms with Gasteiger partial charge in [-0.1, -0.05) is 13.3 Å². The molecule has 16 heavy (non-hydrogen) atoms. The topological polar surface area (TPSA) is 12.0 Å². The Hall–Kier alpha value is -1.03. The summed E-state index contributed by atoms with van der Waals surface area (Å²) in [7, 11) is 0. The number of benzene rings is 1. The Balaban J connectivity index is 2.72. The van der Waals surface area contributed by atoms with Crippen molar-refractivity contribution in [2.24, 2.45) is 0 Å². The van der Waals surface area contributed by atoms with E-state index < -0.39 is 17.5 Å². The van der Waals surface area contributed by atoms with Gasteiger partial charge in [0.2, 0.25) is 0 Å². The molecule has 0 spiro atoms. The van der Waals surface area contributed by atoms with Crippen molar-refractivity contribution in [2.75, 3.05) is 6.54 Å². The number of unbranched alkanes of at least 4 members (excludes halogenated alkanes) is 1. The summed E-state index contributed by atoms with van der Waals surface area (Å²) in [4.78, 5) is 0. The lowest BCUT2D eigenvalue weighted by molar-refractivity contribution is 0.441. The van der Waals surface area contributed by atoms with Gasteiger partial charge >= 0.3 is 0 Å². The Labute approximate surface area is 93.7 Å². The summed E-state index contributed by atoms with van der Waals surface area (Å²) in [5.74, 6) is -3.69. The maximum atomic E-state index is 12.9. The zero-order valence-electron chi connectivity index (χ0n) is 9.49. The number of halogens is 3. The average Bonchev–Trinajstić information content (AvgIpc) is 2.25. The largest absolute Gasteiger partial charge is 0.310 e. The van der Waals surface area contributed by atoms with E-state index in [1.165, 1.54) is 0 Å². The van der Waals surface area contributed by atoms with Crippen LogP contribution in [0.25, 0.3) is 0 Å². The molecule has 1 rings (SSSR count). The molecule has 0 saturated heterocycles. The summed E-state index contributed by atoms with van der Waals surface area (Å²) >= 11 is 0. The first-order chi connectivity index (χ1) is 7.56. The van der Waals surface area contributed by atoms with Crippen molar-refractivity contribution in [2.45, 2.75) is 32.7 Å². The molecule has 0 fully saturated rings. The molecule has 90 valence electrons. The van der Waals surface area contributed by atoms with Crippen molar-refractivity contribution in [3.63, 3.8) is 0 Å². The Morgan fingerprint density at radius 1 is 1.19 bits per heavy atom. The van der Waals surface area contributed by atoms with Crippen LogP contribution in [0.1, 0.15) is 38.3 Å². The lowest BCUT2D eigenvalue weighted by Gasteiger charge is -2.14. The molecule has 0 amide bonds.